The predicted molar refractivity (Wildman–Crippen MR) is 158 cm³/mol. The van der Waals surface area contributed by atoms with Crippen molar-refractivity contribution < 1.29 is 14.3 Å². The molecule has 1 aliphatic rings. The van der Waals surface area contributed by atoms with Crippen molar-refractivity contribution in [2.24, 2.45) is 0 Å². The molecule has 0 saturated carbocycles. The van der Waals surface area contributed by atoms with E-state index in [2.05, 4.69) is 61.3 Å². The van der Waals surface area contributed by atoms with Crippen molar-refractivity contribution >= 4 is 22.9 Å². The summed E-state index contributed by atoms with van der Waals surface area (Å²) in [6.07, 6.45) is 3.44. The molecule has 1 amide bonds. The maximum Gasteiger partial charge on any atom is 0.410 e. The van der Waals surface area contributed by atoms with Gasteiger partial charge in [-0.3, -0.25) is 0 Å². The topological polar surface area (TPSA) is 97.6 Å². The zero-order chi connectivity index (χ0) is 29.1. The van der Waals surface area contributed by atoms with Crippen molar-refractivity contribution in [2.45, 2.75) is 78.1 Å². The summed E-state index contributed by atoms with van der Waals surface area (Å²) in [5.41, 5.74) is 2.19. The second-order valence-corrected chi connectivity index (χ2v) is 12.7. The van der Waals surface area contributed by atoms with Crippen molar-refractivity contribution in [1.29, 1.82) is 0 Å². The highest BCUT2D eigenvalue weighted by molar-refractivity contribution is 5.88. The first kappa shape index (κ1) is 29.7. The molecule has 1 aromatic carbocycles. The number of carbonyl (C=O) groups excluding carboxylic acids is 1. The number of nitrogens with one attached hydrogen (secondary N) is 1. The summed E-state index contributed by atoms with van der Waals surface area (Å²) in [7, 11) is 3.82. The SMILES string of the molecule is CN(CCN(C)C(=O)OC(C)(C)C)Cc1cccc(-c2nc(NC3CCOCC3)c3cnn(C(C)(C)C)c3n2)c1. The average molecular weight is 552 g/mol. The highest BCUT2D eigenvalue weighted by Gasteiger charge is 2.24. The van der Waals surface area contributed by atoms with Crippen molar-refractivity contribution in [3.63, 3.8) is 0 Å². The number of amides is 1. The molecule has 3 aromatic rings. The van der Waals surface area contributed by atoms with E-state index >= 15 is 0 Å². The Kier molecular flexibility index (Phi) is 8.99. The highest BCUT2D eigenvalue weighted by atomic mass is 16.6. The van der Waals surface area contributed by atoms with Gasteiger partial charge >= 0.3 is 6.09 Å². The molecule has 2 aromatic heterocycles. The fourth-order valence-electron chi connectivity index (χ4n) is 4.62. The second-order valence-electron chi connectivity index (χ2n) is 12.7. The lowest BCUT2D eigenvalue weighted by atomic mass is 10.1. The highest BCUT2D eigenvalue weighted by Crippen LogP contribution is 2.29. The molecule has 4 rings (SSSR count). The molecule has 1 aliphatic heterocycles. The molecular formula is C30H45N7O3. The van der Waals surface area contributed by atoms with E-state index < -0.39 is 5.60 Å². The van der Waals surface area contributed by atoms with Crippen LogP contribution in [-0.2, 0) is 21.6 Å². The van der Waals surface area contributed by atoms with Gasteiger partial charge in [0.15, 0.2) is 11.5 Å². The van der Waals surface area contributed by atoms with Crippen LogP contribution in [0.5, 0.6) is 0 Å². The van der Waals surface area contributed by atoms with Crippen LogP contribution in [0.2, 0.25) is 0 Å². The number of carbonyl (C=O) groups is 1. The van der Waals surface area contributed by atoms with Crippen LogP contribution >= 0.6 is 0 Å². The fourth-order valence-corrected chi connectivity index (χ4v) is 4.62. The molecule has 1 N–H and O–H groups in total. The Hall–Kier alpha value is -3.24. The molecular weight excluding hydrogens is 506 g/mol. The number of hydrogen-bond acceptors (Lipinski definition) is 8. The molecule has 10 nitrogen and oxygen atoms in total. The molecule has 0 radical (unpaired) electrons. The van der Waals surface area contributed by atoms with Crippen LogP contribution in [0.3, 0.4) is 0 Å². The van der Waals surface area contributed by atoms with E-state index in [0.717, 1.165) is 60.6 Å². The quantitative estimate of drug-likeness (QED) is 0.411. The van der Waals surface area contributed by atoms with Gasteiger partial charge in [-0.1, -0.05) is 18.2 Å². The molecule has 1 saturated heterocycles. The fraction of sp³-hybridized carbons (Fsp3) is 0.600. The predicted octanol–water partition coefficient (Wildman–Crippen LogP) is 5.14. The number of likely N-dealkylation sites (N-methyl/N-ethyl adjacent to an activating group) is 2. The third kappa shape index (κ3) is 7.69. The lowest BCUT2D eigenvalue weighted by Gasteiger charge is -2.26. The Balaban J connectivity index is 1.54. The largest absolute Gasteiger partial charge is 0.444 e. The Morgan fingerprint density at radius 3 is 2.50 bits per heavy atom. The van der Waals surface area contributed by atoms with E-state index in [4.69, 9.17) is 19.4 Å². The van der Waals surface area contributed by atoms with E-state index in [0.29, 0.717) is 25.0 Å². The Morgan fingerprint density at radius 2 is 1.82 bits per heavy atom. The van der Waals surface area contributed by atoms with Crippen molar-refractivity contribution in [3.05, 3.63) is 36.0 Å². The Bertz CT molecular complexity index is 1300. The third-order valence-corrected chi connectivity index (χ3v) is 6.79. The van der Waals surface area contributed by atoms with E-state index in [1.807, 2.05) is 37.7 Å². The second kappa shape index (κ2) is 12.1. The molecule has 0 atom stereocenters. The number of rotatable bonds is 8. The summed E-state index contributed by atoms with van der Waals surface area (Å²) >= 11 is 0. The van der Waals surface area contributed by atoms with Crippen LogP contribution in [0.1, 0.15) is 59.9 Å². The van der Waals surface area contributed by atoms with Gasteiger partial charge in [0.25, 0.3) is 0 Å². The van der Waals surface area contributed by atoms with Crippen LogP contribution in [0.15, 0.2) is 30.5 Å². The van der Waals surface area contributed by atoms with Crippen LogP contribution in [0, 0.1) is 0 Å². The number of benzene rings is 1. The monoisotopic (exact) mass is 551 g/mol. The van der Waals surface area contributed by atoms with Crippen LogP contribution < -0.4 is 5.32 Å². The van der Waals surface area contributed by atoms with Crippen LogP contribution in [0.25, 0.3) is 22.4 Å². The van der Waals surface area contributed by atoms with Crippen LogP contribution in [0.4, 0.5) is 10.6 Å². The first-order valence-electron chi connectivity index (χ1n) is 14.1. The van der Waals surface area contributed by atoms with Crippen molar-refractivity contribution in [3.8, 4) is 11.4 Å². The first-order chi connectivity index (χ1) is 18.8. The Morgan fingerprint density at radius 1 is 1.10 bits per heavy atom. The van der Waals surface area contributed by atoms with Crippen molar-refractivity contribution in [1.82, 2.24) is 29.5 Å². The van der Waals surface area contributed by atoms with Crippen LogP contribution in [-0.4, -0.2) is 87.7 Å². The summed E-state index contributed by atoms with van der Waals surface area (Å²) in [5, 5.41) is 9.27. The van der Waals surface area contributed by atoms with Gasteiger partial charge in [0, 0.05) is 51.5 Å². The third-order valence-electron chi connectivity index (χ3n) is 6.79. The summed E-state index contributed by atoms with van der Waals surface area (Å²) in [6.45, 7) is 15.5. The van der Waals surface area contributed by atoms with Gasteiger partial charge in [-0.15, -0.1) is 0 Å². The van der Waals surface area contributed by atoms with E-state index in [9.17, 15) is 4.79 Å². The van der Waals surface area contributed by atoms with Gasteiger partial charge in [0.1, 0.15) is 11.4 Å². The van der Waals surface area contributed by atoms with Gasteiger partial charge in [-0.25, -0.2) is 19.4 Å². The molecule has 218 valence electrons. The number of hydrogen-bond donors (Lipinski definition) is 1. The minimum Gasteiger partial charge on any atom is -0.444 e. The number of aromatic nitrogens is 4. The summed E-state index contributed by atoms with van der Waals surface area (Å²) in [5.74, 6) is 1.48. The number of anilines is 1. The zero-order valence-electron chi connectivity index (χ0n) is 25.3. The molecule has 40 heavy (non-hydrogen) atoms. The van der Waals surface area contributed by atoms with E-state index in [1.165, 1.54) is 0 Å². The first-order valence-corrected chi connectivity index (χ1v) is 14.1. The standard InChI is InChI=1S/C30H45N7O3/c1-29(2,3)37-27-24(19-31-37)26(32-23-12-16-39-17-13-23)33-25(34-27)22-11-9-10-21(18-22)20-35(7)14-15-36(8)28(38)40-30(4,5)6/h9-11,18-19,23H,12-17,20H2,1-8H3,(H,32,33,34). The average Bonchev–Trinajstić information content (AvgIpc) is 3.32. The lowest BCUT2D eigenvalue weighted by molar-refractivity contribution is 0.0286. The summed E-state index contributed by atoms with van der Waals surface area (Å²) in [6, 6.07) is 8.65. The molecule has 0 bridgehead atoms. The molecule has 0 spiro atoms. The maximum absolute atomic E-state index is 12.3. The molecule has 10 heteroatoms. The summed E-state index contributed by atoms with van der Waals surface area (Å²) in [4.78, 5) is 26.1. The van der Waals surface area contributed by atoms with Gasteiger partial charge < -0.3 is 24.6 Å². The number of ether oxygens (including phenoxy) is 2. The molecule has 0 aliphatic carbocycles. The normalized spacial score (nSPS) is 15.0. The minimum atomic E-state index is -0.506. The number of fused-ring (bicyclic) bond motifs is 1. The minimum absolute atomic E-state index is 0.222. The Labute approximate surface area is 238 Å². The lowest BCUT2D eigenvalue weighted by Crippen LogP contribution is -2.38. The zero-order valence-corrected chi connectivity index (χ0v) is 25.3. The van der Waals surface area contributed by atoms with Crippen molar-refractivity contribution in [2.75, 3.05) is 45.7 Å². The van der Waals surface area contributed by atoms with Gasteiger partial charge in [0.2, 0.25) is 0 Å². The van der Waals surface area contributed by atoms with E-state index in [-0.39, 0.29) is 11.6 Å². The summed E-state index contributed by atoms with van der Waals surface area (Å²) < 4.78 is 13.0. The smallest absolute Gasteiger partial charge is 0.410 e. The molecule has 1 fully saturated rings. The van der Waals surface area contributed by atoms with E-state index in [1.54, 1.807) is 11.9 Å². The van der Waals surface area contributed by atoms with Gasteiger partial charge in [-0.05, 0) is 73.1 Å². The van der Waals surface area contributed by atoms with Gasteiger partial charge in [0.05, 0.1) is 17.1 Å². The maximum atomic E-state index is 12.3. The number of nitrogens with zero attached hydrogens (tertiary/aromatic N) is 6. The molecule has 0 unspecified atom stereocenters. The molecule has 3 heterocycles. The van der Waals surface area contributed by atoms with Gasteiger partial charge in [-0.2, -0.15) is 5.10 Å².